The minimum absolute atomic E-state index is 0.0438. The molecule has 0 heterocycles. The molecule has 0 saturated carbocycles. The van der Waals surface area contributed by atoms with Gasteiger partial charge in [0.15, 0.2) is 0 Å². The second kappa shape index (κ2) is 12.3. The average molecular weight is 679 g/mol. The third kappa shape index (κ3) is 5.10. The Kier molecular flexibility index (Phi) is 7.19. The van der Waals surface area contributed by atoms with Crippen LogP contribution in [0.3, 0.4) is 0 Å². The lowest BCUT2D eigenvalue weighted by Crippen LogP contribution is -2.14. The molecule has 10 rings (SSSR count). The molecule has 0 fully saturated rings. The van der Waals surface area contributed by atoms with Gasteiger partial charge in [-0.1, -0.05) is 129 Å². The fourth-order valence-corrected chi connectivity index (χ4v) is 8.57. The number of anilines is 6. The van der Waals surface area contributed by atoms with Crippen LogP contribution < -0.4 is 9.80 Å². The van der Waals surface area contributed by atoms with Crippen LogP contribution in [0.2, 0.25) is 0 Å². The van der Waals surface area contributed by atoms with E-state index in [-0.39, 0.29) is 5.41 Å². The first-order chi connectivity index (χ1) is 26.0. The van der Waals surface area contributed by atoms with Crippen LogP contribution in [0.5, 0.6) is 0 Å². The summed E-state index contributed by atoms with van der Waals surface area (Å²) in [5.41, 5.74) is 12.2. The molecule has 0 bridgehead atoms. The summed E-state index contributed by atoms with van der Waals surface area (Å²) >= 11 is 0. The highest BCUT2D eigenvalue weighted by Gasteiger charge is 2.35. The lowest BCUT2D eigenvalue weighted by molar-refractivity contribution is 0.661. The molecule has 1 aliphatic rings. The molecule has 1 aliphatic carbocycles. The van der Waals surface area contributed by atoms with Gasteiger partial charge in [0, 0.05) is 39.2 Å². The molecule has 2 heteroatoms. The van der Waals surface area contributed by atoms with E-state index in [2.05, 4.69) is 218 Å². The van der Waals surface area contributed by atoms with Crippen molar-refractivity contribution in [2.45, 2.75) is 19.3 Å². The van der Waals surface area contributed by atoms with Crippen molar-refractivity contribution in [3.8, 4) is 11.1 Å². The Balaban J connectivity index is 1.14. The molecule has 9 aromatic rings. The van der Waals surface area contributed by atoms with Gasteiger partial charge in [0.2, 0.25) is 0 Å². The van der Waals surface area contributed by atoms with Crippen LogP contribution in [0.4, 0.5) is 34.1 Å². The van der Waals surface area contributed by atoms with Crippen molar-refractivity contribution in [1.82, 2.24) is 0 Å². The maximum atomic E-state index is 2.46. The third-order valence-electron chi connectivity index (χ3n) is 11.2. The van der Waals surface area contributed by atoms with Crippen molar-refractivity contribution < 1.29 is 0 Å². The van der Waals surface area contributed by atoms with E-state index in [0.29, 0.717) is 0 Å². The van der Waals surface area contributed by atoms with E-state index < -0.39 is 0 Å². The highest BCUT2D eigenvalue weighted by molar-refractivity contribution is 6.11. The number of hydrogen-bond acceptors (Lipinski definition) is 2. The Labute approximate surface area is 310 Å². The van der Waals surface area contributed by atoms with Crippen molar-refractivity contribution in [3.05, 3.63) is 205 Å². The van der Waals surface area contributed by atoms with E-state index in [1.165, 1.54) is 54.6 Å². The van der Waals surface area contributed by atoms with Gasteiger partial charge in [-0.05, 0) is 128 Å². The number of hydrogen-bond donors (Lipinski definition) is 0. The summed E-state index contributed by atoms with van der Waals surface area (Å²) in [7, 11) is 0. The van der Waals surface area contributed by atoms with Gasteiger partial charge in [-0.2, -0.15) is 0 Å². The molecule has 0 N–H and O–H groups in total. The minimum Gasteiger partial charge on any atom is -0.310 e. The summed E-state index contributed by atoms with van der Waals surface area (Å²) in [5, 5.41) is 7.46. The van der Waals surface area contributed by atoms with Gasteiger partial charge in [0.25, 0.3) is 0 Å². The molecule has 0 spiro atoms. The maximum absolute atomic E-state index is 2.46. The van der Waals surface area contributed by atoms with Gasteiger partial charge >= 0.3 is 0 Å². The van der Waals surface area contributed by atoms with Crippen molar-refractivity contribution >= 4 is 66.4 Å². The summed E-state index contributed by atoms with van der Waals surface area (Å²) < 4.78 is 0. The molecule has 2 nitrogen and oxygen atoms in total. The molecule has 0 saturated heterocycles. The van der Waals surface area contributed by atoms with E-state index in [1.54, 1.807) is 0 Å². The molecule has 53 heavy (non-hydrogen) atoms. The van der Waals surface area contributed by atoms with E-state index in [4.69, 9.17) is 0 Å². The number of rotatable bonds is 6. The van der Waals surface area contributed by atoms with Gasteiger partial charge in [0.1, 0.15) is 0 Å². The SMILES string of the molecule is CC1(C)c2ccccc2-c2cc3ccc4cc(N(c5ccccc5)c5ccc6cccc(N(c7ccccc7)c7ccccc7)c6c5)ccc4c3cc21. The molecule has 0 aliphatic heterocycles. The Morgan fingerprint density at radius 3 is 1.58 bits per heavy atom. The first-order valence-corrected chi connectivity index (χ1v) is 18.4. The Morgan fingerprint density at radius 1 is 0.321 bits per heavy atom. The third-order valence-corrected chi connectivity index (χ3v) is 11.2. The zero-order chi connectivity index (χ0) is 35.5. The lowest BCUT2D eigenvalue weighted by Gasteiger charge is -2.29. The molecule has 0 atom stereocenters. The number of fused-ring (bicyclic) bond motifs is 7. The normalized spacial score (nSPS) is 12.9. The lowest BCUT2D eigenvalue weighted by atomic mass is 9.81. The Bertz CT molecular complexity index is 2760. The summed E-state index contributed by atoms with van der Waals surface area (Å²) in [6, 6.07) is 70.8. The number of benzene rings is 9. The second-order valence-electron chi connectivity index (χ2n) is 14.6. The van der Waals surface area contributed by atoms with E-state index in [0.717, 1.165) is 34.1 Å². The quantitative estimate of drug-likeness (QED) is 0.162. The van der Waals surface area contributed by atoms with Crippen LogP contribution in [0.1, 0.15) is 25.0 Å². The van der Waals surface area contributed by atoms with Crippen molar-refractivity contribution in [1.29, 1.82) is 0 Å². The fraction of sp³-hybridized carbons (Fsp3) is 0.0588. The van der Waals surface area contributed by atoms with Crippen LogP contribution in [0, 0.1) is 0 Å². The van der Waals surface area contributed by atoms with Crippen LogP contribution >= 0.6 is 0 Å². The molecule has 9 aromatic carbocycles. The molecular formula is C51H38N2. The zero-order valence-electron chi connectivity index (χ0n) is 29.9. The van der Waals surface area contributed by atoms with Crippen molar-refractivity contribution in [3.63, 3.8) is 0 Å². The zero-order valence-corrected chi connectivity index (χ0v) is 29.9. The average Bonchev–Trinajstić information content (AvgIpc) is 3.43. The summed E-state index contributed by atoms with van der Waals surface area (Å²) in [6.07, 6.45) is 0. The molecule has 0 unspecified atom stereocenters. The van der Waals surface area contributed by atoms with E-state index >= 15 is 0 Å². The fourth-order valence-electron chi connectivity index (χ4n) is 8.57. The topological polar surface area (TPSA) is 6.48 Å². The van der Waals surface area contributed by atoms with Gasteiger partial charge in [-0.3, -0.25) is 0 Å². The van der Waals surface area contributed by atoms with Crippen LogP contribution in [-0.4, -0.2) is 0 Å². The first kappa shape index (κ1) is 31.1. The monoisotopic (exact) mass is 678 g/mol. The van der Waals surface area contributed by atoms with Gasteiger partial charge in [-0.25, -0.2) is 0 Å². The van der Waals surface area contributed by atoms with Gasteiger partial charge in [0.05, 0.1) is 5.69 Å². The molecule has 0 radical (unpaired) electrons. The maximum Gasteiger partial charge on any atom is 0.0540 e. The smallest absolute Gasteiger partial charge is 0.0540 e. The molecule has 0 amide bonds. The minimum atomic E-state index is -0.0438. The highest BCUT2D eigenvalue weighted by Crippen LogP contribution is 2.50. The standard InChI is InChI=1S/C51H38N2/c1-51(2)48-23-13-12-22-44(48)47-32-37-26-25-36-31-41(29-30-43(36)45(37)34-49(47)51)52(38-16-6-3-7-17-38)42-28-27-35-15-14-24-50(46(35)33-42)53(39-18-8-4-9-19-39)40-20-10-5-11-21-40/h3-34H,1-2H3. The van der Waals surface area contributed by atoms with E-state index in [9.17, 15) is 0 Å². The van der Waals surface area contributed by atoms with Crippen LogP contribution in [0.15, 0.2) is 194 Å². The van der Waals surface area contributed by atoms with E-state index in [1.807, 2.05) is 0 Å². The van der Waals surface area contributed by atoms with Gasteiger partial charge < -0.3 is 9.80 Å². The molecule has 0 aromatic heterocycles. The van der Waals surface area contributed by atoms with Crippen molar-refractivity contribution in [2.75, 3.05) is 9.80 Å². The predicted octanol–water partition coefficient (Wildman–Crippen LogP) is 14.4. The molecule has 252 valence electrons. The first-order valence-electron chi connectivity index (χ1n) is 18.4. The summed E-state index contributed by atoms with van der Waals surface area (Å²) in [6.45, 7) is 4.72. The predicted molar refractivity (Wildman–Crippen MR) is 226 cm³/mol. The number of nitrogens with zero attached hydrogens (tertiary/aromatic N) is 2. The Hall–Kier alpha value is -6.64. The summed E-state index contributed by atoms with van der Waals surface area (Å²) in [4.78, 5) is 4.74. The van der Waals surface area contributed by atoms with Crippen LogP contribution in [0.25, 0.3) is 43.4 Å². The Morgan fingerprint density at radius 2 is 0.887 bits per heavy atom. The summed E-state index contributed by atoms with van der Waals surface area (Å²) in [5.74, 6) is 0. The van der Waals surface area contributed by atoms with Gasteiger partial charge in [-0.15, -0.1) is 0 Å². The largest absolute Gasteiger partial charge is 0.310 e. The highest BCUT2D eigenvalue weighted by atomic mass is 15.2. The second-order valence-corrected chi connectivity index (χ2v) is 14.6. The van der Waals surface area contributed by atoms with Crippen LogP contribution in [-0.2, 0) is 5.41 Å². The van der Waals surface area contributed by atoms with Crippen molar-refractivity contribution in [2.24, 2.45) is 0 Å². The molecular weight excluding hydrogens is 641 g/mol. The number of para-hydroxylation sites is 3.